The van der Waals surface area contributed by atoms with Crippen LogP contribution in [0.3, 0.4) is 0 Å². The van der Waals surface area contributed by atoms with Crippen molar-refractivity contribution >= 4 is 15.9 Å². The van der Waals surface area contributed by atoms with Crippen molar-refractivity contribution < 1.29 is 4.39 Å². The summed E-state index contributed by atoms with van der Waals surface area (Å²) >= 11 is 3.45. The second kappa shape index (κ2) is 4.26. The SMILES string of the molecule is Fc1cc(Br)c2c(c1)C(n1cccn1)CCC2. The van der Waals surface area contributed by atoms with Crippen molar-refractivity contribution in [2.75, 3.05) is 0 Å². The Morgan fingerprint density at radius 1 is 1.41 bits per heavy atom. The number of hydrogen-bond acceptors (Lipinski definition) is 1. The molecule has 0 spiro atoms. The molecule has 0 amide bonds. The first-order valence-electron chi connectivity index (χ1n) is 5.72. The lowest BCUT2D eigenvalue weighted by molar-refractivity contribution is 0.446. The number of hydrogen-bond donors (Lipinski definition) is 0. The zero-order valence-corrected chi connectivity index (χ0v) is 10.8. The minimum Gasteiger partial charge on any atom is -0.265 e. The quantitative estimate of drug-likeness (QED) is 0.784. The third-order valence-corrected chi connectivity index (χ3v) is 4.01. The molecule has 4 heteroatoms. The predicted molar refractivity (Wildman–Crippen MR) is 67.4 cm³/mol. The van der Waals surface area contributed by atoms with Gasteiger partial charge >= 0.3 is 0 Å². The molecule has 0 N–H and O–H groups in total. The summed E-state index contributed by atoms with van der Waals surface area (Å²) in [6.45, 7) is 0. The van der Waals surface area contributed by atoms with Crippen LogP contribution >= 0.6 is 15.9 Å². The van der Waals surface area contributed by atoms with Crippen LogP contribution in [0.2, 0.25) is 0 Å². The Bertz CT molecular complexity index is 537. The second-order valence-corrected chi connectivity index (χ2v) is 5.20. The van der Waals surface area contributed by atoms with Crippen LogP contribution in [0.4, 0.5) is 4.39 Å². The van der Waals surface area contributed by atoms with Crippen molar-refractivity contribution in [3.8, 4) is 0 Å². The van der Waals surface area contributed by atoms with Gasteiger partial charge < -0.3 is 0 Å². The average molecular weight is 295 g/mol. The number of nitrogens with zero attached hydrogens (tertiary/aromatic N) is 2. The first kappa shape index (κ1) is 11.0. The van der Waals surface area contributed by atoms with Crippen molar-refractivity contribution in [3.63, 3.8) is 0 Å². The van der Waals surface area contributed by atoms with E-state index < -0.39 is 0 Å². The maximum absolute atomic E-state index is 13.5. The van der Waals surface area contributed by atoms with Crippen molar-refractivity contribution in [2.24, 2.45) is 0 Å². The van der Waals surface area contributed by atoms with Crippen molar-refractivity contribution in [3.05, 3.63) is 52.0 Å². The fourth-order valence-corrected chi connectivity index (χ4v) is 3.20. The van der Waals surface area contributed by atoms with E-state index in [4.69, 9.17) is 0 Å². The van der Waals surface area contributed by atoms with Crippen molar-refractivity contribution in [1.29, 1.82) is 0 Å². The number of halogens is 2. The van der Waals surface area contributed by atoms with E-state index >= 15 is 0 Å². The van der Waals surface area contributed by atoms with Gasteiger partial charge in [-0.2, -0.15) is 5.10 Å². The molecule has 0 saturated heterocycles. The molecular weight excluding hydrogens is 283 g/mol. The summed E-state index contributed by atoms with van der Waals surface area (Å²) in [4.78, 5) is 0. The first-order valence-corrected chi connectivity index (χ1v) is 6.52. The first-order chi connectivity index (χ1) is 8.25. The van der Waals surface area contributed by atoms with E-state index in [0.717, 1.165) is 29.3 Å². The smallest absolute Gasteiger partial charge is 0.124 e. The van der Waals surface area contributed by atoms with Crippen LogP contribution in [0, 0.1) is 5.82 Å². The average Bonchev–Trinajstić information content (AvgIpc) is 2.81. The van der Waals surface area contributed by atoms with Crippen molar-refractivity contribution in [1.82, 2.24) is 9.78 Å². The van der Waals surface area contributed by atoms with Gasteiger partial charge in [-0.3, -0.25) is 4.68 Å². The third-order valence-electron chi connectivity index (χ3n) is 3.30. The van der Waals surface area contributed by atoms with E-state index in [1.54, 1.807) is 18.3 Å². The molecule has 0 aliphatic heterocycles. The van der Waals surface area contributed by atoms with Gasteiger partial charge in [0, 0.05) is 16.9 Å². The summed E-state index contributed by atoms with van der Waals surface area (Å²) in [6.07, 6.45) is 6.85. The zero-order valence-electron chi connectivity index (χ0n) is 9.24. The third kappa shape index (κ3) is 1.90. The molecule has 0 bridgehead atoms. The predicted octanol–water partition coefficient (Wildman–Crippen LogP) is 3.71. The molecule has 0 fully saturated rings. The fourth-order valence-electron chi connectivity index (χ4n) is 2.55. The highest BCUT2D eigenvalue weighted by Gasteiger charge is 2.24. The normalized spacial score (nSPS) is 19.1. The largest absolute Gasteiger partial charge is 0.265 e. The van der Waals surface area contributed by atoms with Gasteiger partial charge in [-0.1, -0.05) is 15.9 Å². The Kier molecular flexibility index (Phi) is 2.74. The molecule has 0 radical (unpaired) electrons. The van der Waals surface area contributed by atoms with Crippen LogP contribution in [-0.2, 0) is 6.42 Å². The van der Waals surface area contributed by atoms with Crippen LogP contribution in [0.5, 0.6) is 0 Å². The van der Waals surface area contributed by atoms with Gasteiger partial charge in [-0.25, -0.2) is 4.39 Å². The topological polar surface area (TPSA) is 17.8 Å². The Hall–Kier alpha value is -1.16. The summed E-state index contributed by atoms with van der Waals surface area (Å²) in [5.74, 6) is -0.185. The van der Waals surface area contributed by atoms with E-state index in [9.17, 15) is 4.39 Å². The maximum atomic E-state index is 13.5. The van der Waals surface area contributed by atoms with Gasteiger partial charge in [-0.15, -0.1) is 0 Å². The van der Waals surface area contributed by atoms with Gasteiger partial charge in [0.05, 0.1) is 6.04 Å². The van der Waals surface area contributed by atoms with E-state index in [1.165, 1.54) is 5.56 Å². The number of benzene rings is 1. The Morgan fingerprint density at radius 3 is 3.06 bits per heavy atom. The Labute approximate surface area is 108 Å². The molecule has 88 valence electrons. The van der Waals surface area contributed by atoms with Gasteiger partial charge in [0.15, 0.2) is 0 Å². The molecule has 1 aromatic heterocycles. The number of rotatable bonds is 1. The second-order valence-electron chi connectivity index (χ2n) is 4.35. The molecule has 1 aliphatic carbocycles. The summed E-state index contributed by atoms with van der Waals surface area (Å²) in [7, 11) is 0. The van der Waals surface area contributed by atoms with E-state index in [1.807, 2.05) is 16.9 Å². The number of fused-ring (bicyclic) bond motifs is 1. The van der Waals surface area contributed by atoms with Crippen LogP contribution in [0.25, 0.3) is 0 Å². The molecule has 1 aromatic carbocycles. The maximum Gasteiger partial charge on any atom is 0.124 e. The van der Waals surface area contributed by atoms with Gasteiger partial charge in [0.2, 0.25) is 0 Å². The molecule has 2 aromatic rings. The molecular formula is C13H12BrFN2. The van der Waals surface area contributed by atoms with Crippen LogP contribution < -0.4 is 0 Å². The highest BCUT2D eigenvalue weighted by atomic mass is 79.9. The van der Waals surface area contributed by atoms with Crippen LogP contribution in [-0.4, -0.2) is 9.78 Å². The molecule has 2 nitrogen and oxygen atoms in total. The van der Waals surface area contributed by atoms with E-state index in [0.29, 0.717) is 0 Å². The van der Waals surface area contributed by atoms with Gasteiger partial charge in [0.1, 0.15) is 5.82 Å². The number of aromatic nitrogens is 2. The van der Waals surface area contributed by atoms with Gasteiger partial charge in [0.25, 0.3) is 0 Å². The standard InChI is InChI=1S/C13H12BrFN2/c14-12-8-9(15)7-11-10(12)3-1-4-13(11)17-6-2-5-16-17/h2,5-8,13H,1,3-4H2. The molecule has 1 unspecified atom stereocenters. The molecule has 1 heterocycles. The molecule has 1 aliphatic rings. The molecule has 0 saturated carbocycles. The fraction of sp³-hybridized carbons (Fsp3) is 0.308. The minimum absolute atomic E-state index is 0.167. The lowest BCUT2D eigenvalue weighted by Crippen LogP contribution is -2.18. The minimum atomic E-state index is -0.185. The summed E-state index contributed by atoms with van der Waals surface area (Å²) in [6, 6.07) is 5.26. The highest BCUT2D eigenvalue weighted by molar-refractivity contribution is 9.10. The lowest BCUT2D eigenvalue weighted by atomic mass is 9.87. The summed E-state index contributed by atoms with van der Waals surface area (Å²) < 4.78 is 16.3. The molecule has 17 heavy (non-hydrogen) atoms. The highest BCUT2D eigenvalue weighted by Crippen LogP contribution is 2.36. The van der Waals surface area contributed by atoms with Gasteiger partial charge in [-0.05, 0) is 48.6 Å². The molecule has 3 rings (SSSR count). The lowest BCUT2D eigenvalue weighted by Gasteiger charge is -2.26. The zero-order chi connectivity index (χ0) is 11.8. The summed E-state index contributed by atoms with van der Waals surface area (Å²) in [5, 5.41) is 4.28. The Morgan fingerprint density at radius 2 is 2.29 bits per heavy atom. The monoisotopic (exact) mass is 294 g/mol. The van der Waals surface area contributed by atoms with Crippen molar-refractivity contribution in [2.45, 2.75) is 25.3 Å². The molecule has 1 atom stereocenters. The van der Waals surface area contributed by atoms with Crippen LogP contribution in [0.15, 0.2) is 35.1 Å². The Balaban J connectivity index is 2.13. The van der Waals surface area contributed by atoms with E-state index in [2.05, 4.69) is 21.0 Å². The van der Waals surface area contributed by atoms with E-state index in [-0.39, 0.29) is 11.9 Å². The summed E-state index contributed by atoms with van der Waals surface area (Å²) in [5.41, 5.74) is 2.28. The van der Waals surface area contributed by atoms with Crippen LogP contribution in [0.1, 0.15) is 30.0 Å².